The zero-order valence-corrected chi connectivity index (χ0v) is 18.3. The topological polar surface area (TPSA) is 90.0 Å². The van der Waals surface area contributed by atoms with E-state index in [0.717, 1.165) is 12.1 Å². The van der Waals surface area contributed by atoms with E-state index in [1.165, 1.54) is 16.4 Å². The van der Waals surface area contributed by atoms with E-state index in [-0.39, 0.29) is 16.7 Å². The van der Waals surface area contributed by atoms with Crippen LogP contribution in [-0.2, 0) is 14.8 Å². The van der Waals surface area contributed by atoms with Gasteiger partial charge in [0.2, 0.25) is 15.9 Å². The van der Waals surface area contributed by atoms with Crippen LogP contribution in [0.15, 0.2) is 53.4 Å². The Morgan fingerprint density at radius 3 is 2.13 bits per heavy atom. The summed E-state index contributed by atoms with van der Waals surface area (Å²) in [6, 6.07) is 13.1. The van der Waals surface area contributed by atoms with Gasteiger partial charge in [-0.25, -0.2) is 8.42 Å². The monoisotopic (exact) mass is 442 g/mol. The molecule has 0 radical (unpaired) electrons. The molecule has 0 saturated carbocycles. The van der Waals surface area contributed by atoms with Crippen LogP contribution in [0.25, 0.3) is 0 Å². The minimum absolute atomic E-state index is 0.101. The molecule has 2 aromatic carbocycles. The Morgan fingerprint density at radius 2 is 1.55 bits per heavy atom. The lowest BCUT2D eigenvalue weighted by molar-refractivity contribution is -0.117. The number of likely N-dealkylation sites (N-methyl/N-ethyl adjacent to an activating group) is 1. The third kappa shape index (κ3) is 4.63. The third-order valence-electron chi connectivity index (χ3n) is 5.73. The van der Waals surface area contributed by atoms with Crippen molar-refractivity contribution in [3.05, 3.63) is 54.1 Å². The van der Waals surface area contributed by atoms with E-state index in [0.29, 0.717) is 50.4 Å². The second kappa shape index (κ2) is 8.78. The number of piperazine rings is 1. The zero-order chi connectivity index (χ0) is 22.0. The van der Waals surface area contributed by atoms with E-state index >= 15 is 0 Å². The first-order valence-electron chi connectivity index (χ1n) is 10.4. The highest BCUT2D eigenvalue weighted by Crippen LogP contribution is 2.23. The zero-order valence-electron chi connectivity index (χ0n) is 17.5. The van der Waals surface area contributed by atoms with Crippen molar-refractivity contribution in [3.63, 3.8) is 0 Å². The largest absolute Gasteiger partial charge is 0.322 e. The summed E-state index contributed by atoms with van der Waals surface area (Å²) in [6.07, 6.45) is 1.41. The molecule has 8 nitrogen and oxygen atoms in total. The van der Waals surface area contributed by atoms with Crippen molar-refractivity contribution in [1.29, 1.82) is 0 Å². The van der Waals surface area contributed by atoms with Crippen LogP contribution in [0.4, 0.5) is 11.4 Å². The molecular weight excluding hydrogens is 416 g/mol. The molecule has 9 heteroatoms. The van der Waals surface area contributed by atoms with Gasteiger partial charge in [-0.05, 0) is 62.0 Å². The lowest BCUT2D eigenvalue weighted by Crippen LogP contribution is -2.46. The van der Waals surface area contributed by atoms with Crippen molar-refractivity contribution >= 4 is 33.2 Å². The van der Waals surface area contributed by atoms with Crippen LogP contribution in [0.2, 0.25) is 0 Å². The van der Waals surface area contributed by atoms with Crippen LogP contribution in [0.1, 0.15) is 23.2 Å². The summed E-state index contributed by atoms with van der Waals surface area (Å²) < 4.78 is 27.1. The van der Waals surface area contributed by atoms with Gasteiger partial charge in [-0.1, -0.05) is 0 Å². The minimum atomic E-state index is -3.54. The first-order chi connectivity index (χ1) is 14.8. The highest BCUT2D eigenvalue weighted by molar-refractivity contribution is 7.89. The van der Waals surface area contributed by atoms with Gasteiger partial charge in [0, 0.05) is 56.1 Å². The van der Waals surface area contributed by atoms with Crippen LogP contribution in [0.5, 0.6) is 0 Å². The Labute approximate surface area is 182 Å². The maximum absolute atomic E-state index is 12.8. The molecule has 0 unspecified atom stereocenters. The number of hydrogen-bond acceptors (Lipinski definition) is 5. The number of nitrogens with one attached hydrogen (secondary N) is 1. The van der Waals surface area contributed by atoms with Crippen LogP contribution in [0.3, 0.4) is 0 Å². The van der Waals surface area contributed by atoms with Crippen molar-refractivity contribution in [2.75, 3.05) is 50.0 Å². The molecule has 31 heavy (non-hydrogen) atoms. The minimum Gasteiger partial charge on any atom is -0.322 e. The van der Waals surface area contributed by atoms with Gasteiger partial charge in [0.1, 0.15) is 0 Å². The number of carbonyl (C=O) groups excluding carboxylic acids is 2. The summed E-state index contributed by atoms with van der Waals surface area (Å²) in [5, 5.41) is 2.79. The molecule has 2 aliphatic heterocycles. The summed E-state index contributed by atoms with van der Waals surface area (Å²) in [4.78, 5) is 28.4. The standard InChI is InChI=1S/C22H26N4O4S/c1-24-13-15-25(16-14-24)31(29,30)20-10-6-18(7-11-20)23-22(28)17-4-8-19(9-5-17)26-12-2-3-21(26)27/h4-11H,2-3,12-16H2,1H3,(H,23,28). The number of amides is 2. The summed E-state index contributed by atoms with van der Waals surface area (Å²) in [6.45, 7) is 3.05. The fourth-order valence-corrected chi connectivity index (χ4v) is 5.23. The summed E-state index contributed by atoms with van der Waals surface area (Å²) in [5.41, 5.74) is 1.77. The predicted octanol–water partition coefficient (Wildman–Crippen LogP) is 2.00. The number of sulfonamides is 1. The second-order valence-electron chi connectivity index (χ2n) is 7.88. The second-order valence-corrected chi connectivity index (χ2v) is 9.82. The number of benzene rings is 2. The van der Waals surface area contributed by atoms with Crippen LogP contribution < -0.4 is 10.2 Å². The third-order valence-corrected chi connectivity index (χ3v) is 7.64. The summed E-state index contributed by atoms with van der Waals surface area (Å²) in [7, 11) is -1.57. The van der Waals surface area contributed by atoms with Crippen LogP contribution in [0, 0.1) is 0 Å². The Hall–Kier alpha value is -2.75. The van der Waals surface area contributed by atoms with E-state index < -0.39 is 10.0 Å². The van der Waals surface area contributed by atoms with Gasteiger partial charge in [-0.2, -0.15) is 4.31 Å². The molecule has 2 fully saturated rings. The van der Waals surface area contributed by atoms with Crippen molar-refractivity contribution < 1.29 is 18.0 Å². The van der Waals surface area contributed by atoms with E-state index in [9.17, 15) is 18.0 Å². The number of rotatable bonds is 5. The molecule has 4 rings (SSSR count). The first kappa shape index (κ1) is 21.5. The van der Waals surface area contributed by atoms with Gasteiger partial charge in [0.25, 0.3) is 5.91 Å². The van der Waals surface area contributed by atoms with Gasteiger partial charge in [-0.15, -0.1) is 0 Å². The quantitative estimate of drug-likeness (QED) is 0.765. The highest BCUT2D eigenvalue weighted by atomic mass is 32.2. The number of anilines is 2. The molecule has 0 aromatic heterocycles. The summed E-state index contributed by atoms with van der Waals surface area (Å²) >= 11 is 0. The Morgan fingerprint density at radius 1 is 0.903 bits per heavy atom. The molecular formula is C22H26N4O4S. The molecule has 2 aliphatic rings. The Balaban J connectivity index is 1.40. The lowest BCUT2D eigenvalue weighted by Gasteiger charge is -2.31. The van der Waals surface area contributed by atoms with Crippen molar-refractivity contribution in [3.8, 4) is 0 Å². The molecule has 0 aliphatic carbocycles. The van der Waals surface area contributed by atoms with Gasteiger partial charge >= 0.3 is 0 Å². The van der Waals surface area contributed by atoms with E-state index in [1.807, 2.05) is 7.05 Å². The normalized spacial score (nSPS) is 18.4. The SMILES string of the molecule is CN1CCN(S(=O)(=O)c2ccc(NC(=O)c3ccc(N4CCCC4=O)cc3)cc2)CC1. The fraction of sp³-hybridized carbons (Fsp3) is 0.364. The van der Waals surface area contributed by atoms with Crippen molar-refractivity contribution in [2.45, 2.75) is 17.7 Å². The van der Waals surface area contributed by atoms with E-state index in [1.54, 1.807) is 41.3 Å². The number of carbonyl (C=O) groups is 2. The Kier molecular flexibility index (Phi) is 6.08. The molecule has 2 aromatic rings. The molecule has 164 valence electrons. The maximum atomic E-state index is 12.8. The smallest absolute Gasteiger partial charge is 0.255 e. The van der Waals surface area contributed by atoms with Crippen molar-refractivity contribution in [1.82, 2.24) is 9.21 Å². The maximum Gasteiger partial charge on any atom is 0.255 e. The average Bonchev–Trinajstić information content (AvgIpc) is 3.20. The van der Waals surface area contributed by atoms with E-state index in [4.69, 9.17) is 0 Å². The molecule has 2 saturated heterocycles. The summed E-state index contributed by atoms with van der Waals surface area (Å²) in [5.74, 6) is -0.196. The molecule has 1 N–H and O–H groups in total. The number of nitrogens with zero attached hydrogens (tertiary/aromatic N) is 3. The van der Waals surface area contributed by atoms with E-state index in [2.05, 4.69) is 10.2 Å². The van der Waals surface area contributed by atoms with Gasteiger partial charge in [0.05, 0.1) is 4.90 Å². The van der Waals surface area contributed by atoms with Gasteiger partial charge in [0.15, 0.2) is 0 Å². The predicted molar refractivity (Wildman–Crippen MR) is 119 cm³/mol. The Bertz CT molecular complexity index is 1060. The lowest BCUT2D eigenvalue weighted by atomic mass is 10.1. The van der Waals surface area contributed by atoms with Gasteiger partial charge < -0.3 is 15.1 Å². The highest BCUT2D eigenvalue weighted by Gasteiger charge is 2.27. The average molecular weight is 443 g/mol. The molecule has 0 spiro atoms. The van der Waals surface area contributed by atoms with Crippen LogP contribution >= 0.6 is 0 Å². The number of hydrogen-bond donors (Lipinski definition) is 1. The van der Waals surface area contributed by atoms with Gasteiger partial charge in [-0.3, -0.25) is 9.59 Å². The molecule has 2 amide bonds. The first-order valence-corrected chi connectivity index (χ1v) is 11.8. The van der Waals surface area contributed by atoms with Crippen molar-refractivity contribution in [2.24, 2.45) is 0 Å². The molecule has 2 heterocycles. The fourth-order valence-electron chi connectivity index (χ4n) is 3.80. The molecule has 0 atom stereocenters. The van der Waals surface area contributed by atoms with Crippen LogP contribution in [-0.4, -0.2) is 69.2 Å². The molecule has 0 bridgehead atoms.